The van der Waals surface area contributed by atoms with E-state index >= 15 is 0 Å². The van der Waals surface area contributed by atoms with Gasteiger partial charge in [0.2, 0.25) is 0 Å². The van der Waals surface area contributed by atoms with Crippen molar-refractivity contribution < 1.29 is 9.53 Å². The second-order valence-electron chi connectivity index (χ2n) is 4.44. The van der Waals surface area contributed by atoms with Crippen LogP contribution in [0.4, 0.5) is 5.13 Å². The van der Waals surface area contributed by atoms with Gasteiger partial charge in [-0.2, -0.15) is 0 Å². The van der Waals surface area contributed by atoms with E-state index in [4.69, 9.17) is 4.74 Å². The Balaban J connectivity index is 2.03. The highest BCUT2D eigenvalue weighted by molar-refractivity contribution is 7.13. The zero-order valence-electron chi connectivity index (χ0n) is 11.1. The predicted octanol–water partition coefficient (Wildman–Crippen LogP) is 3.49. The van der Waals surface area contributed by atoms with Crippen LogP contribution < -0.4 is 10.1 Å². The number of anilines is 1. The lowest BCUT2D eigenvalue weighted by molar-refractivity contribution is 0.102. The van der Waals surface area contributed by atoms with Crippen LogP contribution in [0.5, 0.6) is 5.75 Å². The van der Waals surface area contributed by atoms with Gasteiger partial charge in [-0.1, -0.05) is 0 Å². The monoisotopic (exact) mass is 276 g/mol. The predicted molar refractivity (Wildman–Crippen MR) is 77.0 cm³/mol. The molecule has 1 N–H and O–H groups in total. The fourth-order valence-corrected chi connectivity index (χ4v) is 2.22. The summed E-state index contributed by atoms with van der Waals surface area (Å²) < 4.78 is 5.53. The molecule has 0 fully saturated rings. The summed E-state index contributed by atoms with van der Waals surface area (Å²) in [4.78, 5) is 16.2. The lowest BCUT2D eigenvalue weighted by Gasteiger charge is -2.09. The molecule has 0 spiro atoms. The summed E-state index contributed by atoms with van der Waals surface area (Å²) in [5.74, 6) is 0.599. The highest BCUT2D eigenvalue weighted by Crippen LogP contribution is 2.17. The first-order valence-electron chi connectivity index (χ1n) is 6.05. The van der Waals surface area contributed by atoms with Crippen molar-refractivity contribution in [1.82, 2.24) is 4.98 Å². The third kappa shape index (κ3) is 3.79. The largest absolute Gasteiger partial charge is 0.491 e. The third-order valence-electron chi connectivity index (χ3n) is 2.33. The van der Waals surface area contributed by atoms with Gasteiger partial charge in [0.1, 0.15) is 5.75 Å². The average Bonchev–Trinajstić information content (AvgIpc) is 2.75. The van der Waals surface area contributed by atoms with E-state index in [2.05, 4.69) is 10.3 Å². The number of nitrogens with one attached hydrogen (secondary N) is 1. The Morgan fingerprint density at radius 2 is 2.00 bits per heavy atom. The second-order valence-corrected chi connectivity index (χ2v) is 5.30. The second kappa shape index (κ2) is 5.84. The van der Waals surface area contributed by atoms with Gasteiger partial charge in [-0.15, -0.1) is 11.3 Å². The Hall–Kier alpha value is -1.88. The normalized spacial score (nSPS) is 10.5. The summed E-state index contributed by atoms with van der Waals surface area (Å²) in [7, 11) is 0. The molecule has 0 saturated carbocycles. The van der Waals surface area contributed by atoms with Crippen molar-refractivity contribution >= 4 is 22.4 Å². The third-order valence-corrected chi connectivity index (χ3v) is 3.20. The van der Waals surface area contributed by atoms with Gasteiger partial charge in [0, 0.05) is 10.9 Å². The number of carbonyl (C=O) groups excluding carboxylic acids is 1. The molecule has 1 aromatic carbocycles. The van der Waals surface area contributed by atoms with Crippen LogP contribution in [0.1, 0.15) is 29.9 Å². The highest BCUT2D eigenvalue weighted by atomic mass is 32.1. The van der Waals surface area contributed by atoms with E-state index in [-0.39, 0.29) is 12.0 Å². The molecule has 5 heteroatoms. The summed E-state index contributed by atoms with van der Waals surface area (Å²) in [5, 5.41) is 5.28. The molecule has 0 aliphatic heterocycles. The molecule has 0 saturated heterocycles. The number of carbonyl (C=O) groups is 1. The Morgan fingerprint density at radius 3 is 2.53 bits per heavy atom. The van der Waals surface area contributed by atoms with Gasteiger partial charge < -0.3 is 4.74 Å². The van der Waals surface area contributed by atoms with Crippen molar-refractivity contribution in [2.75, 3.05) is 5.32 Å². The Labute approximate surface area is 116 Å². The first-order valence-corrected chi connectivity index (χ1v) is 6.93. The molecule has 1 aromatic heterocycles. The Morgan fingerprint density at radius 1 is 1.32 bits per heavy atom. The number of aryl methyl sites for hydroxylation is 1. The molecular weight excluding hydrogens is 260 g/mol. The molecular formula is C14H16N2O2S. The Bertz CT molecular complexity index is 561. The van der Waals surface area contributed by atoms with Crippen LogP contribution in [0.25, 0.3) is 0 Å². The smallest absolute Gasteiger partial charge is 0.257 e. The number of rotatable bonds is 4. The van der Waals surface area contributed by atoms with Crippen molar-refractivity contribution in [3.63, 3.8) is 0 Å². The number of hydrogen-bond donors (Lipinski definition) is 1. The Kier molecular flexibility index (Phi) is 4.16. The first-order chi connectivity index (χ1) is 9.04. The van der Waals surface area contributed by atoms with Gasteiger partial charge in [0.05, 0.1) is 11.8 Å². The summed E-state index contributed by atoms with van der Waals surface area (Å²) in [6.45, 7) is 5.82. The molecule has 19 heavy (non-hydrogen) atoms. The summed E-state index contributed by atoms with van der Waals surface area (Å²) in [5.41, 5.74) is 1.49. The van der Waals surface area contributed by atoms with Gasteiger partial charge in [0.15, 0.2) is 5.13 Å². The van der Waals surface area contributed by atoms with E-state index in [1.807, 2.05) is 26.2 Å². The fraction of sp³-hybridized carbons (Fsp3) is 0.286. The zero-order chi connectivity index (χ0) is 13.8. The van der Waals surface area contributed by atoms with Crippen LogP contribution >= 0.6 is 11.3 Å². The van der Waals surface area contributed by atoms with Gasteiger partial charge in [-0.25, -0.2) is 4.98 Å². The maximum absolute atomic E-state index is 12.0. The van der Waals surface area contributed by atoms with E-state index < -0.39 is 0 Å². The SMILES string of the molecule is Cc1csc(NC(=O)c2ccc(OC(C)C)cc2)n1. The van der Waals surface area contributed by atoms with E-state index in [9.17, 15) is 4.79 Å². The molecule has 1 heterocycles. The molecule has 0 unspecified atom stereocenters. The topological polar surface area (TPSA) is 51.2 Å². The number of benzene rings is 1. The lowest BCUT2D eigenvalue weighted by atomic mass is 10.2. The van der Waals surface area contributed by atoms with E-state index in [1.165, 1.54) is 11.3 Å². The van der Waals surface area contributed by atoms with Gasteiger partial charge in [-0.05, 0) is 45.0 Å². The number of hydrogen-bond acceptors (Lipinski definition) is 4. The quantitative estimate of drug-likeness (QED) is 0.930. The van der Waals surface area contributed by atoms with Gasteiger partial charge >= 0.3 is 0 Å². The molecule has 0 bridgehead atoms. The van der Waals surface area contributed by atoms with Crippen molar-refractivity contribution in [2.45, 2.75) is 26.9 Å². The number of thiazole rings is 1. The first kappa shape index (κ1) is 13.5. The van der Waals surface area contributed by atoms with Gasteiger partial charge in [0.25, 0.3) is 5.91 Å². The van der Waals surface area contributed by atoms with Crippen molar-refractivity contribution in [2.24, 2.45) is 0 Å². The minimum atomic E-state index is -0.162. The van der Waals surface area contributed by atoms with Crippen LogP contribution in [-0.2, 0) is 0 Å². The van der Waals surface area contributed by atoms with Crippen LogP contribution in [0.15, 0.2) is 29.6 Å². The average molecular weight is 276 g/mol. The maximum Gasteiger partial charge on any atom is 0.257 e. The van der Waals surface area contributed by atoms with Crippen molar-refractivity contribution in [1.29, 1.82) is 0 Å². The zero-order valence-corrected chi connectivity index (χ0v) is 12.0. The van der Waals surface area contributed by atoms with Crippen LogP contribution in [-0.4, -0.2) is 17.0 Å². The maximum atomic E-state index is 12.0. The van der Waals surface area contributed by atoms with E-state index in [1.54, 1.807) is 24.3 Å². The number of ether oxygens (including phenoxy) is 1. The van der Waals surface area contributed by atoms with Crippen molar-refractivity contribution in [3.8, 4) is 5.75 Å². The molecule has 4 nitrogen and oxygen atoms in total. The molecule has 1 amide bonds. The minimum Gasteiger partial charge on any atom is -0.491 e. The molecule has 0 aliphatic carbocycles. The number of aromatic nitrogens is 1. The van der Waals surface area contributed by atoms with Crippen LogP contribution in [0.3, 0.4) is 0 Å². The summed E-state index contributed by atoms with van der Waals surface area (Å²) in [6, 6.07) is 7.07. The molecule has 0 atom stereocenters. The lowest BCUT2D eigenvalue weighted by Crippen LogP contribution is -2.12. The molecule has 0 aliphatic rings. The van der Waals surface area contributed by atoms with E-state index in [0.717, 1.165) is 11.4 Å². The number of amides is 1. The minimum absolute atomic E-state index is 0.123. The van der Waals surface area contributed by atoms with Crippen LogP contribution in [0, 0.1) is 6.92 Å². The van der Waals surface area contributed by atoms with Gasteiger partial charge in [-0.3, -0.25) is 10.1 Å². The highest BCUT2D eigenvalue weighted by Gasteiger charge is 2.08. The summed E-state index contributed by atoms with van der Waals surface area (Å²) >= 11 is 1.42. The molecule has 2 rings (SSSR count). The fourth-order valence-electron chi connectivity index (χ4n) is 1.54. The molecule has 0 radical (unpaired) electrons. The van der Waals surface area contributed by atoms with E-state index in [0.29, 0.717) is 10.7 Å². The van der Waals surface area contributed by atoms with Crippen molar-refractivity contribution in [3.05, 3.63) is 40.9 Å². The standard InChI is InChI=1S/C14H16N2O2S/c1-9(2)18-12-6-4-11(5-7-12)13(17)16-14-15-10(3)8-19-14/h4-9H,1-3H3,(H,15,16,17). The van der Waals surface area contributed by atoms with Crippen LogP contribution in [0.2, 0.25) is 0 Å². The number of nitrogens with zero attached hydrogens (tertiary/aromatic N) is 1. The molecule has 100 valence electrons. The summed E-state index contributed by atoms with van der Waals surface area (Å²) in [6.07, 6.45) is 0.123. The molecule has 2 aromatic rings.